The Labute approximate surface area is 96.2 Å². The summed E-state index contributed by atoms with van der Waals surface area (Å²) in [4.78, 5) is 13.5. The summed E-state index contributed by atoms with van der Waals surface area (Å²) in [5, 5.41) is 9.70. The van der Waals surface area contributed by atoms with Gasteiger partial charge in [-0.3, -0.25) is 9.89 Å². The molecule has 0 aliphatic carbocycles. The number of hydrogen-bond donors (Lipinski definition) is 2. The molecule has 90 valence electrons. The Morgan fingerprint density at radius 3 is 2.94 bits per heavy atom. The van der Waals surface area contributed by atoms with E-state index in [1.165, 1.54) is 0 Å². The maximum atomic E-state index is 11.4. The Hall–Kier alpha value is -1.36. The number of carbonyl (C=O) groups is 1. The van der Waals surface area contributed by atoms with Crippen LogP contribution in [0.2, 0.25) is 0 Å². The molecule has 5 heteroatoms. The summed E-state index contributed by atoms with van der Waals surface area (Å²) in [7, 11) is 3.97. The van der Waals surface area contributed by atoms with Gasteiger partial charge in [-0.2, -0.15) is 5.10 Å². The van der Waals surface area contributed by atoms with Crippen LogP contribution in [0.3, 0.4) is 0 Å². The number of carbonyl (C=O) groups excluding carboxylic acids is 1. The molecule has 0 aromatic carbocycles. The Morgan fingerprint density at radius 2 is 2.31 bits per heavy atom. The molecular formula is C11H20N4O. The van der Waals surface area contributed by atoms with Crippen LogP contribution in [0.5, 0.6) is 0 Å². The summed E-state index contributed by atoms with van der Waals surface area (Å²) >= 11 is 0. The van der Waals surface area contributed by atoms with E-state index in [-0.39, 0.29) is 5.91 Å². The Morgan fingerprint density at radius 1 is 1.56 bits per heavy atom. The van der Waals surface area contributed by atoms with Crippen molar-refractivity contribution in [2.75, 3.05) is 19.4 Å². The average molecular weight is 224 g/mol. The lowest BCUT2D eigenvalue weighted by Crippen LogP contribution is -2.11. The van der Waals surface area contributed by atoms with Crippen LogP contribution < -0.4 is 5.32 Å². The van der Waals surface area contributed by atoms with Crippen molar-refractivity contribution in [1.29, 1.82) is 0 Å². The number of nitrogens with zero attached hydrogens (tertiary/aromatic N) is 2. The molecular weight excluding hydrogens is 204 g/mol. The molecule has 0 atom stereocenters. The van der Waals surface area contributed by atoms with Crippen LogP contribution in [0, 0.1) is 0 Å². The first-order chi connectivity index (χ1) is 7.61. The van der Waals surface area contributed by atoms with Gasteiger partial charge in [0.05, 0.1) is 5.69 Å². The lowest BCUT2D eigenvalue weighted by Gasteiger charge is -2.05. The molecule has 0 unspecified atom stereocenters. The van der Waals surface area contributed by atoms with Gasteiger partial charge in [-0.15, -0.1) is 0 Å². The van der Waals surface area contributed by atoms with E-state index in [4.69, 9.17) is 0 Å². The molecule has 0 bridgehead atoms. The zero-order valence-corrected chi connectivity index (χ0v) is 10.2. The first kappa shape index (κ1) is 12.7. The number of nitrogens with one attached hydrogen (secondary N) is 2. The second kappa shape index (κ2) is 6.27. The molecule has 0 radical (unpaired) electrons. The fraction of sp³-hybridized carbons (Fsp3) is 0.636. The highest BCUT2D eigenvalue weighted by molar-refractivity contribution is 5.89. The summed E-state index contributed by atoms with van der Waals surface area (Å²) < 4.78 is 0. The summed E-state index contributed by atoms with van der Waals surface area (Å²) in [6.45, 7) is 2.86. The number of hydrogen-bond acceptors (Lipinski definition) is 3. The van der Waals surface area contributed by atoms with Gasteiger partial charge in [-0.05, 0) is 20.5 Å². The maximum Gasteiger partial charge on any atom is 0.225 e. The molecule has 0 saturated carbocycles. The molecule has 1 aromatic rings. The molecule has 0 saturated heterocycles. The maximum absolute atomic E-state index is 11.4. The molecule has 5 nitrogen and oxygen atoms in total. The first-order valence-electron chi connectivity index (χ1n) is 5.60. The van der Waals surface area contributed by atoms with Crippen molar-refractivity contribution in [3.63, 3.8) is 0 Å². The fourth-order valence-corrected chi connectivity index (χ4v) is 1.39. The highest BCUT2D eigenvalue weighted by atomic mass is 16.1. The molecule has 1 heterocycles. The Balaban J connectivity index is 2.42. The third kappa shape index (κ3) is 4.44. The van der Waals surface area contributed by atoms with E-state index in [0.717, 1.165) is 25.1 Å². The molecule has 16 heavy (non-hydrogen) atoms. The van der Waals surface area contributed by atoms with Gasteiger partial charge in [-0.1, -0.05) is 13.3 Å². The molecule has 1 rings (SSSR count). The van der Waals surface area contributed by atoms with Crippen LogP contribution in [-0.4, -0.2) is 35.1 Å². The molecule has 1 amide bonds. The van der Waals surface area contributed by atoms with Crippen molar-refractivity contribution in [2.45, 2.75) is 32.7 Å². The third-order valence-electron chi connectivity index (χ3n) is 2.14. The monoisotopic (exact) mass is 224 g/mol. The van der Waals surface area contributed by atoms with Crippen molar-refractivity contribution in [3.05, 3.63) is 11.8 Å². The minimum Gasteiger partial charge on any atom is -0.309 e. The Kier molecular flexibility index (Phi) is 4.98. The third-order valence-corrected chi connectivity index (χ3v) is 2.14. The second-order valence-electron chi connectivity index (χ2n) is 4.17. The van der Waals surface area contributed by atoms with Crippen molar-refractivity contribution < 1.29 is 4.79 Å². The molecule has 0 spiro atoms. The van der Waals surface area contributed by atoms with Gasteiger partial charge in [-0.25, -0.2) is 0 Å². The van der Waals surface area contributed by atoms with Crippen LogP contribution in [0.4, 0.5) is 5.82 Å². The lowest BCUT2D eigenvalue weighted by atomic mass is 10.2. The van der Waals surface area contributed by atoms with E-state index in [9.17, 15) is 4.79 Å². The molecule has 0 aliphatic rings. The summed E-state index contributed by atoms with van der Waals surface area (Å²) in [6, 6.07) is 1.86. The number of unbranched alkanes of at least 4 members (excludes halogenated alkanes) is 1. The lowest BCUT2D eigenvalue weighted by molar-refractivity contribution is -0.116. The SMILES string of the molecule is CCCCC(=O)Nc1cc(CN(C)C)[nH]n1. The molecule has 1 aromatic heterocycles. The van der Waals surface area contributed by atoms with Crippen LogP contribution in [0.15, 0.2) is 6.07 Å². The summed E-state index contributed by atoms with van der Waals surface area (Å²) in [5.41, 5.74) is 0.996. The van der Waals surface area contributed by atoms with E-state index >= 15 is 0 Å². The van der Waals surface area contributed by atoms with Gasteiger partial charge in [0.2, 0.25) is 5.91 Å². The largest absolute Gasteiger partial charge is 0.309 e. The minimum atomic E-state index is 0.0322. The van der Waals surface area contributed by atoms with Gasteiger partial charge in [0, 0.05) is 19.0 Å². The normalized spacial score (nSPS) is 10.8. The standard InChI is InChI=1S/C11H20N4O/c1-4-5-6-11(16)12-10-7-9(13-14-10)8-15(2)3/h7H,4-6,8H2,1-3H3,(H2,12,13,14,16). The van der Waals surface area contributed by atoms with Crippen molar-refractivity contribution in [1.82, 2.24) is 15.1 Å². The van der Waals surface area contributed by atoms with E-state index < -0.39 is 0 Å². The number of amides is 1. The van der Waals surface area contributed by atoms with E-state index in [1.54, 1.807) is 0 Å². The number of aromatic nitrogens is 2. The highest BCUT2D eigenvalue weighted by Gasteiger charge is 2.05. The zero-order valence-electron chi connectivity index (χ0n) is 10.2. The van der Waals surface area contributed by atoms with Crippen LogP contribution in [0.1, 0.15) is 31.9 Å². The number of H-pyrrole nitrogens is 1. The van der Waals surface area contributed by atoms with E-state index in [0.29, 0.717) is 12.2 Å². The molecule has 0 fully saturated rings. The first-order valence-corrected chi connectivity index (χ1v) is 5.60. The van der Waals surface area contributed by atoms with Crippen LogP contribution in [-0.2, 0) is 11.3 Å². The van der Waals surface area contributed by atoms with Crippen molar-refractivity contribution >= 4 is 11.7 Å². The topological polar surface area (TPSA) is 61.0 Å². The Bertz CT molecular complexity index is 332. The van der Waals surface area contributed by atoms with Crippen LogP contribution >= 0.6 is 0 Å². The highest BCUT2D eigenvalue weighted by Crippen LogP contribution is 2.07. The predicted molar refractivity (Wildman–Crippen MR) is 64.1 cm³/mol. The predicted octanol–water partition coefficient (Wildman–Crippen LogP) is 1.60. The average Bonchev–Trinajstić information content (AvgIpc) is 2.61. The summed E-state index contributed by atoms with van der Waals surface area (Å²) in [6.07, 6.45) is 2.51. The number of anilines is 1. The zero-order chi connectivity index (χ0) is 12.0. The number of rotatable bonds is 6. The van der Waals surface area contributed by atoms with Gasteiger partial charge in [0.25, 0.3) is 0 Å². The number of aromatic amines is 1. The van der Waals surface area contributed by atoms with Gasteiger partial charge < -0.3 is 10.2 Å². The summed E-state index contributed by atoms with van der Waals surface area (Å²) in [5.74, 6) is 0.641. The van der Waals surface area contributed by atoms with Gasteiger partial charge in [0.15, 0.2) is 5.82 Å². The van der Waals surface area contributed by atoms with Gasteiger partial charge in [0.1, 0.15) is 0 Å². The minimum absolute atomic E-state index is 0.0322. The van der Waals surface area contributed by atoms with Crippen LogP contribution in [0.25, 0.3) is 0 Å². The van der Waals surface area contributed by atoms with E-state index in [2.05, 4.69) is 22.4 Å². The smallest absolute Gasteiger partial charge is 0.225 e. The molecule has 2 N–H and O–H groups in total. The van der Waals surface area contributed by atoms with E-state index in [1.807, 2.05) is 25.1 Å². The van der Waals surface area contributed by atoms with Crippen molar-refractivity contribution in [3.8, 4) is 0 Å². The quantitative estimate of drug-likeness (QED) is 0.771. The second-order valence-corrected chi connectivity index (χ2v) is 4.17. The van der Waals surface area contributed by atoms with Gasteiger partial charge >= 0.3 is 0 Å². The van der Waals surface area contributed by atoms with Crippen molar-refractivity contribution in [2.24, 2.45) is 0 Å². The fourth-order valence-electron chi connectivity index (χ4n) is 1.39. The molecule has 0 aliphatic heterocycles.